The zero-order chi connectivity index (χ0) is 18.6. The topological polar surface area (TPSA) is 84.0 Å². The van der Waals surface area contributed by atoms with Crippen molar-refractivity contribution in [2.75, 3.05) is 5.32 Å². The fraction of sp³-hybridized carbons (Fsp3) is 0.143. The van der Waals surface area contributed by atoms with E-state index in [2.05, 4.69) is 32.7 Å². The van der Waals surface area contributed by atoms with Crippen LogP contribution in [0.2, 0.25) is 0 Å². The standard InChI is InChI=1S/C21H18N4O2/c26-20(14-6-2-1-3-7-14)25-19-18(22-10-11-23-19)21(27)24-17-12-15-8-4-5-9-16(15)13-17/h1-11,17H,12-13H2,(H,24,27)(H,23,25,26). The third-order valence-corrected chi connectivity index (χ3v) is 4.57. The SMILES string of the molecule is O=C(Nc1nccnc1C(=O)NC1Cc2ccccc2C1)c1ccccc1. The summed E-state index contributed by atoms with van der Waals surface area (Å²) in [5.41, 5.74) is 3.09. The lowest BCUT2D eigenvalue weighted by Gasteiger charge is -2.13. The number of nitrogens with zero attached hydrogens (tertiary/aromatic N) is 2. The van der Waals surface area contributed by atoms with Crippen LogP contribution in [-0.4, -0.2) is 27.8 Å². The van der Waals surface area contributed by atoms with E-state index in [1.54, 1.807) is 24.3 Å². The molecule has 2 amide bonds. The minimum absolute atomic E-state index is 0.00887. The van der Waals surface area contributed by atoms with Crippen LogP contribution in [0.1, 0.15) is 32.0 Å². The molecule has 2 N–H and O–H groups in total. The van der Waals surface area contributed by atoms with Gasteiger partial charge in [-0.3, -0.25) is 9.59 Å². The quantitative estimate of drug-likeness (QED) is 0.751. The van der Waals surface area contributed by atoms with Crippen LogP contribution in [0.25, 0.3) is 0 Å². The molecule has 0 fully saturated rings. The minimum Gasteiger partial charge on any atom is -0.347 e. The van der Waals surface area contributed by atoms with Crippen molar-refractivity contribution < 1.29 is 9.59 Å². The zero-order valence-electron chi connectivity index (χ0n) is 14.6. The Kier molecular flexibility index (Phi) is 4.61. The lowest BCUT2D eigenvalue weighted by molar-refractivity contribution is 0.0934. The van der Waals surface area contributed by atoms with Crippen molar-refractivity contribution in [1.82, 2.24) is 15.3 Å². The van der Waals surface area contributed by atoms with E-state index < -0.39 is 0 Å². The molecule has 0 spiro atoms. The molecular weight excluding hydrogens is 340 g/mol. The first kappa shape index (κ1) is 16.9. The molecule has 1 aromatic heterocycles. The van der Waals surface area contributed by atoms with Crippen molar-refractivity contribution in [3.05, 3.63) is 89.4 Å². The van der Waals surface area contributed by atoms with Crippen molar-refractivity contribution in [2.24, 2.45) is 0 Å². The fourth-order valence-electron chi connectivity index (χ4n) is 3.28. The number of amides is 2. The van der Waals surface area contributed by atoms with Crippen LogP contribution >= 0.6 is 0 Å². The zero-order valence-corrected chi connectivity index (χ0v) is 14.6. The summed E-state index contributed by atoms with van der Waals surface area (Å²) in [6.45, 7) is 0. The Morgan fingerprint density at radius 3 is 2.15 bits per heavy atom. The van der Waals surface area contributed by atoms with Crippen molar-refractivity contribution in [3.63, 3.8) is 0 Å². The number of aromatic nitrogens is 2. The first-order valence-electron chi connectivity index (χ1n) is 8.76. The van der Waals surface area contributed by atoms with E-state index in [4.69, 9.17) is 0 Å². The van der Waals surface area contributed by atoms with Gasteiger partial charge in [0.15, 0.2) is 11.5 Å². The molecular formula is C21H18N4O2. The second kappa shape index (κ2) is 7.37. The lowest BCUT2D eigenvalue weighted by atomic mass is 10.1. The molecule has 27 heavy (non-hydrogen) atoms. The molecule has 0 bridgehead atoms. The van der Waals surface area contributed by atoms with Crippen LogP contribution < -0.4 is 10.6 Å². The second-order valence-electron chi connectivity index (χ2n) is 6.42. The van der Waals surface area contributed by atoms with Crippen molar-refractivity contribution in [3.8, 4) is 0 Å². The van der Waals surface area contributed by atoms with Gasteiger partial charge in [-0.05, 0) is 36.1 Å². The van der Waals surface area contributed by atoms with E-state index in [0.717, 1.165) is 12.8 Å². The second-order valence-corrected chi connectivity index (χ2v) is 6.42. The van der Waals surface area contributed by atoms with Gasteiger partial charge in [-0.15, -0.1) is 0 Å². The summed E-state index contributed by atoms with van der Waals surface area (Å²) in [5.74, 6) is -0.526. The number of hydrogen-bond acceptors (Lipinski definition) is 4. The van der Waals surface area contributed by atoms with Gasteiger partial charge in [0.05, 0.1) is 0 Å². The van der Waals surface area contributed by atoms with Crippen LogP contribution in [0.5, 0.6) is 0 Å². The van der Waals surface area contributed by atoms with Crippen LogP contribution in [0, 0.1) is 0 Å². The Morgan fingerprint density at radius 2 is 1.44 bits per heavy atom. The molecule has 134 valence electrons. The summed E-state index contributed by atoms with van der Waals surface area (Å²) in [5, 5.41) is 5.68. The van der Waals surface area contributed by atoms with Crippen LogP contribution in [0.15, 0.2) is 67.0 Å². The number of fused-ring (bicyclic) bond motifs is 1. The maximum Gasteiger partial charge on any atom is 0.273 e. The number of rotatable bonds is 4. The Bertz CT molecular complexity index is 963. The van der Waals surface area contributed by atoms with Crippen LogP contribution in [0.4, 0.5) is 5.82 Å². The van der Waals surface area contributed by atoms with Crippen LogP contribution in [0.3, 0.4) is 0 Å². The molecule has 0 unspecified atom stereocenters. The van der Waals surface area contributed by atoms with Gasteiger partial charge in [0.2, 0.25) is 0 Å². The first-order valence-corrected chi connectivity index (χ1v) is 8.76. The number of carbonyl (C=O) groups is 2. The van der Waals surface area contributed by atoms with Gasteiger partial charge in [-0.1, -0.05) is 42.5 Å². The number of nitrogens with one attached hydrogen (secondary N) is 2. The number of benzene rings is 2. The van der Waals surface area contributed by atoms with Crippen molar-refractivity contribution in [2.45, 2.75) is 18.9 Å². The van der Waals surface area contributed by atoms with Crippen molar-refractivity contribution in [1.29, 1.82) is 0 Å². The summed E-state index contributed by atoms with van der Waals surface area (Å²) < 4.78 is 0. The maximum absolute atomic E-state index is 12.7. The van der Waals surface area contributed by atoms with E-state index in [1.807, 2.05) is 18.2 Å². The maximum atomic E-state index is 12.7. The predicted molar refractivity (Wildman–Crippen MR) is 102 cm³/mol. The average Bonchev–Trinajstić information content (AvgIpc) is 3.11. The average molecular weight is 358 g/mol. The number of hydrogen-bond donors (Lipinski definition) is 2. The monoisotopic (exact) mass is 358 g/mol. The number of carbonyl (C=O) groups excluding carboxylic acids is 2. The molecule has 1 heterocycles. The van der Waals surface area contributed by atoms with E-state index in [0.29, 0.717) is 5.56 Å². The largest absolute Gasteiger partial charge is 0.347 e. The van der Waals surface area contributed by atoms with E-state index in [-0.39, 0.29) is 29.4 Å². The van der Waals surface area contributed by atoms with E-state index >= 15 is 0 Å². The molecule has 3 aromatic rings. The van der Waals surface area contributed by atoms with Gasteiger partial charge in [0.1, 0.15) is 0 Å². The molecule has 1 aliphatic rings. The molecule has 4 rings (SSSR count). The highest BCUT2D eigenvalue weighted by atomic mass is 16.2. The van der Waals surface area contributed by atoms with Gasteiger partial charge < -0.3 is 10.6 Å². The molecule has 2 aromatic carbocycles. The molecule has 0 radical (unpaired) electrons. The molecule has 0 aliphatic heterocycles. The van der Waals surface area contributed by atoms with Crippen molar-refractivity contribution >= 4 is 17.6 Å². The summed E-state index contributed by atoms with van der Waals surface area (Å²) in [4.78, 5) is 33.3. The van der Waals surface area contributed by atoms with Gasteiger partial charge in [0.25, 0.3) is 11.8 Å². The highest BCUT2D eigenvalue weighted by Gasteiger charge is 2.25. The normalized spacial score (nSPS) is 13.0. The molecule has 0 saturated carbocycles. The molecule has 0 atom stereocenters. The minimum atomic E-state index is -0.343. The molecule has 6 heteroatoms. The molecule has 0 saturated heterocycles. The summed E-state index contributed by atoms with van der Waals surface area (Å²) in [6, 6.07) is 16.9. The van der Waals surface area contributed by atoms with Gasteiger partial charge in [0, 0.05) is 24.0 Å². The highest BCUT2D eigenvalue weighted by molar-refractivity contribution is 6.07. The number of anilines is 1. The third kappa shape index (κ3) is 3.69. The van der Waals surface area contributed by atoms with Gasteiger partial charge >= 0.3 is 0 Å². The third-order valence-electron chi connectivity index (χ3n) is 4.57. The summed E-state index contributed by atoms with van der Waals surface area (Å²) >= 11 is 0. The lowest BCUT2D eigenvalue weighted by Crippen LogP contribution is -2.36. The summed E-state index contributed by atoms with van der Waals surface area (Å²) in [7, 11) is 0. The van der Waals surface area contributed by atoms with Gasteiger partial charge in [-0.25, -0.2) is 9.97 Å². The smallest absolute Gasteiger partial charge is 0.273 e. The first-order chi connectivity index (χ1) is 13.2. The Hall–Kier alpha value is -3.54. The fourth-order valence-corrected chi connectivity index (χ4v) is 3.28. The Labute approximate surface area is 156 Å². The summed E-state index contributed by atoms with van der Waals surface area (Å²) in [6.07, 6.45) is 4.46. The Morgan fingerprint density at radius 1 is 0.815 bits per heavy atom. The van der Waals surface area contributed by atoms with Crippen LogP contribution in [-0.2, 0) is 12.8 Å². The molecule has 1 aliphatic carbocycles. The van der Waals surface area contributed by atoms with E-state index in [1.165, 1.54) is 23.5 Å². The van der Waals surface area contributed by atoms with E-state index in [9.17, 15) is 9.59 Å². The Balaban J connectivity index is 1.48. The predicted octanol–water partition coefficient (Wildman–Crippen LogP) is 2.63. The molecule has 6 nitrogen and oxygen atoms in total. The highest BCUT2D eigenvalue weighted by Crippen LogP contribution is 2.22. The van der Waals surface area contributed by atoms with Gasteiger partial charge in [-0.2, -0.15) is 0 Å².